The van der Waals surface area contributed by atoms with Crippen LogP contribution >= 0.6 is 0 Å². The van der Waals surface area contributed by atoms with Crippen LogP contribution in [0.25, 0.3) is 27.6 Å². The summed E-state index contributed by atoms with van der Waals surface area (Å²) in [6, 6.07) is 27.7. The second kappa shape index (κ2) is 12.1. The third kappa shape index (κ3) is 5.73. The van der Waals surface area contributed by atoms with Gasteiger partial charge in [0, 0.05) is 57.8 Å². The van der Waals surface area contributed by atoms with E-state index in [0.717, 1.165) is 40.7 Å². The van der Waals surface area contributed by atoms with E-state index >= 15 is 0 Å². The number of benzene rings is 4. The predicted octanol–water partition coefficient (Wildman–Crippen LogP) is 12.0. The number of fused-ring (bicyclic) bond motifs is 3. The van der Waals surface area contributed by atoms with E-state index in [9.17, 15) is 0 Å². The summed E-state index contributed by atoms with van der Waals surface area (Å²) in [5.74, 6) is 2.50. The smallest absolute Gasteiger partial charge is 0.137 e. The van der Waals surface area contributed by atoms with Crippen LogP contribution in [0.3, 0.4) is 0 Å². The lowest BCUT2D eigenvalue weighted by Crippen LogP contribution is -2.32. The molecular weight excluding hydrogens is 613 g/mol. The zero-order valence-corrected chi connectivity index (χ0v) is 31.6. The summed E-state index contributed by atoms with van der Waals surface area (Å²) >= 11 is 0. The van der Waals surface area contributed by atoms with E-state index in [1.807, 2.05) is 12.3 Å². The van der Waals surface area contributed by atoms with Crippen molar-refractivity contribution in [3.63, 3.8) is 0 Å². The molecule has 0 atom stereocenters. The number of aromatic nitrogens is 2. The van der Waals surface area contributed by atoms with Crippen molar-refractivity contribution >= 4 is 33.2 Å². The number of rotatable bonds is 5. The minimum Gasteiger partial charge on any atom is -0.457 e. The van der Waals surface area contributed by atoms with Crippen LogP contribution in [0.15, 0.2) is 97.0 Å². The Balaban J connectivity index is 1.25. The molecule has 5 heteroatoms. The van der Waals surface area contributed by atoms with Gasteiger partial charge in [-0.15, -0.1) is 0 Å². The second-order valence-electron chi connectivity index (χ2n) is 16.1. The van der Waals surface area contributed by atoms with E-state index in [2.05, 4.69) is 170 Å². The van der Waals surface area contributed by atoms with Crippen LogP contribution in [0, 0.1) is 40.0 Å². The number of anilines is 2. The molecule has 0 bridgehead atoms. The summed E-state index contributed by atoms with van der Waals surface area (Å²) in [6.45, 7) is 25.7. The molecule has 1 aliphatic rings. The number of ether oxygens (including phenoxy) is 1. The Kier molecular flexibility index (Phi) is 8.09. The van der Waals surface area contributed by atoms with Crippen molar-refractivity contribution in [2.24, 2.45) is 5.41 Å². The van der Waals surface area contributed by atoms with Crippen molar-refractivity contribution in [3.8, 4) is 17.3 Å². The number of hydrogen-bond donors (Lipinski definition) is 0. The van der Waals surface area contributed by atoms with Crippen molar-refractivity contribution in [1.29, 1.82) is 0 Å². The van der Waals surface area contributed by atoms with Crippen LogP contribution in [-0.4, -0.2) is 16.2 Å². The minimum atomic E-state index is -0.0381. The van der Waals surface area contributed by atoms with E-state index in [-0.39, 0.29) is 10.8 Å². The molecule has 50 heavy (non-hydrogen) atoms. The van der Waals surface area contributed by atoms with Crippen molar-refractivity contribution in [3.05, 3.63) is 130 Å². The van der Waals surface area contributed by atoms with Gasteiger partial charge in [-0.25, -0.2) is 4.98 Å². The summed E-state index contributed by atoms with van der Waals surface area (Å²) in [5.41, 5.74) is 14.0. The van der Waals surface area contributed by atoms with Crippen molar-refractivity contribution < 1.29 is 4.74 Å². The molecule has 0 amide bonds. The topological polar surface area (TPSA) is 33.5 Å². The third-order valence-corrected chi connectivity index (χ3v) is 10.7. The lowest BCUT2D eigenvalue weighted by molar-refractivity contribution is 0.483. The first-order valence-electron chi connectivity index (χ1n) is 17.7. The lowest BCUT2D eigenvalue weighted by Gasteiger charge is -2.34. The Bertz CT molecular complexity index is 2280. The summed E-state index contributed by atoms with van der Waals surface area (Å²) in [4.78, 5) is 9.72. The highest BCUT2D eigenvalue weighted by molar-refractivity contribution is 6.09. The minimum absolute atomic E-state index is 0.0145. The molecule has 2 aromatic heterocycles. The first-order valence-corrected chi connectivity index (χ1v) is 17.7. The molecule has 1 aliphatic heterocycles. The Morgan fingerprint density at radius 1 is 0.620 bits per heavy atom. The number of hydrogen-bond acceptors (Lipinski definition) is 4. The molecule has 6 aromatic rings. The van der Waals surface area contributed by atoms with Crippen LogP contribution in [0.5, 0.6) is 11.5 Å². The highest BCUT2D eigenvalue weighted by Gasteiger charge is 2.33. The van der Waals surface area contributed by atoms with Gasteiger partial charge in [-0.05, 0) is 116 Å². The number of para-hydroxylation sites is 1. The van der Waals surface area contributed by atoms with Gasteiger partial charge in [-0.2, -0.15) is 0 Å². The van der Waals surface area contributed by atoms with Crippen molar-refractivity contribution in [2.45, 2.75) is 81.6 Å². The highest BCUT2D eigenvalue weighted by atomic mass is 16.5. The van der Waals surface area contributed by atoms with Crippen molar-refractivity contribution in [2.75, 3.05) is 16.5 Å². The molecule has 4 aromatic carbocycles. The maximum absolute atomic E-state index is 6.65. The number of allylic oxidation sites excluding steroid dienone is 1. The summed E-state index contributed by atoms with van der Waals surface area (Å²) in [7, 11) is 0. The molecule has 0 aliphatic carbocycles. The Morgan fingerprint density at radius 3 is 1.98 bits per heavy atom. The zero-order chi connectivity index (χ0) is 35.7. The molecule has 7 rings (SSSR count). The van der Waals surface area contributed by atoms with Gasteiger partial charge >= 0.3 is 0 Å². The Hall–Kier alpha value is -5.03. The van der Waals surface area contributed by atoms with Crippen LogP contribution < -0.4 is 14.5 Å². The summed E-state index contributed by atoms with van der Waals surface area (Å²) in [6.07, 6.45) is 4.25. The molecule has 256 valence electrons. The van der Waals surface area contributed by atoms with Crippen LogP contribution in [0.1, 0.15) is 74.9 Å². The molecule has 0 saturated heterocycles. The summed E-state index contributed by atoms with van der Waals surface area (Å²) in [5, 5.41) is 2.37. The first-order chi connectivity index (χ1) is 23.6. The molecule has 0 unspecified atom stereocenters. The molecule has 5 nitrogen and oxygen atoms in total. The van der Waals surface area contributed by atoms with Gasteiger partial charge in [0.15, 0.2) is 0 Å². The normalized spacial score (nSPS) is 13.9. The predicted molar refractivity (Wildman–Crippen MR) is 211 cm³/mol. The maximum Gasteiger partial charge on any atom is 0.137 e. The van der Waals surface area contributed by atoms with Gasteiger partial charge in [0.1, 0.15) is 17.3 Å². The van der Waals surface area contributed by atoms with Crippen LogP contribution in [0.2, 0.25) is 0 Å². The number of nitrogens with zero attached hydrogens (tertiary/aromatic N) is 4. The Labute approximate surface area is 297 Å². The number of pyridine rings is 1. The molecule has 0 radical (unpaired) electrons. The maximum atomic E-state index is 6.65. The molecule has 0 saturated carbocycles. The summed E-state index contributed by atoms with van der Waals surface area (Å²) < 4.78 is 8.91. The SMILES string of the molecule is Cc1c(C)c(C)c(N2CN(c3cccc(Oc4ccc5c6ccccc6n(-c6cc(C(C)(C)C)ccn6)c5c4)c3)C=C2C(C)(C)C)c(C)c1C. The van der Waals surface area contributed by atoms with E-state index in [4.69, 9.17) is 9.72 Å². The van der Waals surface area contributed by atoms with Crippen LogP contribution in [0.4, 0.5) is 11.4 Å². The van der Waals surface area contributed by atoms with Gasteiger partial charge in [0.2, 0.25) is 0 Å². The van der Waals surface area contributed by atoms with Gasteiger partial charge in [0.25, 0.3) is 0 Å². The lowest BCUT2D eigenvalue weighted by atomic mass is 9.88. The van der Waals surface area contributed by atoms with Gasteiger partial charge < -0.3 is 14.5 Å². The standard InChI is InChI=1S/C45H50N4O/c1-28-29(2)31(4)43(32(5)30(28)3)48-27-47(26-41(48)45(9,10)11)34-15-14-16-35(24-34)50-36-19-20-38-37-17-12-13-18-39(37)49(40(38)25-36)42-23-33(21-22-46-42)44(6,7)8/h12-26H,27H2,1-11H3. The fourth-order valence-corrected chi connectivity index (χ4v) is 7.45. The fourth-order valence-electron chi connectivity index (χ4n) is 7.45. The van der Waals surface area contributed by atoms with E-state index < -0.39 is 0 Å². The van der Waals surface area contributed by atoms with Gasteiger partial charge in [-0.1, -0.05) is 65.8 Å². The zero-order valence-electron chi connectivity index (χ0n) is 31.6. The van der Waals surface area contributed by atoms with Crippen LogP contribution in [-0.2, 0) is 5.41 Å². The molecule has 0 spiro atoms. The van der Waals surface area contributed by atoms with E-state index in [1.54, 1.807) is 0 Å². The fraction of sp³-hybridized carbons (Fsp3) is 0.311. The molecule has 0 N–H and O–H groups in total. The molecular formula is C45H50N4O. The quantitative estimate of drug-likeness (QED) is 0.184. The molecule has 0 fully saturated rings. The largest absolute Gasteiger partial charge is 0.457 e. The average molecular weight is 663 g/mol. The van der Waals surface area contributed by atoms with E-state index in [1.165, 1.54) is 55.5 Å². The first kappa shape index (κ1) is 33.5. The van der Waals surface area contributed by atoms with E-state index in [0.29, 0.717) is 0 Å². The second-order valence-corrected chi connectivity index (χ2v) is 16.1. The van der Waals surface area contributed by atoms with Gasteiger partial charge in [-0.3, -0.25) is 4.57 Å². The molecule has 3 heterocycles. The third-order valence-electron chi connectivity index (χ3n) is 10.7. The van der Waals surface area contributed by atoms with Gasteiger partial charge in [0.05, 0.1) is 17.7 Å². The monoisotopic (exact) mass is 662 g/mol. The highest BCUT2D eigenvalue weighted by Crippen LogP contribution is 2.43. The average Bonchev–Trinajstić information content (AvgIpc) is 3.67. The Morgan fingerprint density at radius 2 is 1.28 bits per heavy atom. The van der Waals surface area contributed by atoms with Crippen molar-refractivity contribution in [1.82, 2.24) is 9.55 Å².